The Morgan fingerprint density at radius 1 is 1.45 bits per heavy atom. The third kappa shape index (κ3) is 3.20. The molecular formula is C15H19BrN2O2. The molecule has 0 bridgehead atoms. The van der Waals surface area contributed by atoms with Gasteiger partial charge in [0.1, 0.15) is 5.54 Å². The van der Waals surface area contributed by atoms with Gasteiger partial charge in [0.2, 0.25) is 11.8 Å². The Balaban J connectivity index is 1.99. The Bertz CT molecular complexity index is 528. The summed E-state index contributed by atoms with van der Waals surface area (Å²) in [7, 11) is 0. The normalized spacial score (nSPS) is 17.8. The summed E-state index contributed by atoms with van der Waals surface area (Å²) in [6, 6.07) is 7.94. The van der Waals surface area contributed by atoms with Gasteiger partial charge in [-0.2, -0.15) is 0 Å². The molecule has 0 atom stereocenters. The van der Waals surface area contributed by atoms with Gasteiger partial charge in [0, 0.05) is 24.0 Å². The summed E-state index contributed by atoms with van der Waals surface area (Å²) in [6.07, 6.45) is 1.11. The molecule has 2 amide bonds. The number of piperazine rings is 1. The Morgan fingerprint density at radius 2 is 2.20 bits per heavy atom. The van der Waals surface area contributed by atoms with Gasteiger partial charge in [0.15, 0.2) is 0 Å². The monoisotopic (exact) mass is 338 g/mol. The molecule has 1 aromatic carbocycles. The van der Waals surface area contributed by atoms with Crippen LogP contribution in [-0.2, 0) is 16.0 Å². The van der Waals surface area contributed by atoms with Crippen LogP contribution < -0.4 is 5.32 Å². The van der Waals surface area contributed by atoms with Crippen molar-refractivity contribution in [3.63, 3.8) is 0 Å². The van der Waals surface area contributed by atoms with Gasteiger partial charge < -0.3 is 10.2 Å². The fourth-order valence-electron chi connectivity index (χ4n) is 2.41. The van der Waals surface area contributed by atoms with E-state index in [2.05, 4.69) is 21.2 Å². The van der Waals surface area contributed by atoms with Gasteiger partial charge in [-0.25, -0.2) is 0 Å². The standard InChI is InChI=1S/C15H19BrN2O2/c1-15(2)14(20)17-8-9-18(15)13(19)7-6-11-4-3-5-12(16)10-11/h3-5,10H,6-9H2,1-2H3,(H,17,20). The van der Waals surface area contributed by atoms with Crippen molar-refractivity contribution >= 4 is 27.7 Å². The topological polar surface area (TPSA) is 49.4 Å². The number of rotatable bonds is 3. The minimum absolute atomic E-state index is 0.0322. The van der Waals surface area contributed by atoms with Crippen LogP contribution in [0.5, 0.6) is 0 Å². The van der Waals surface area contributed by atoms with Crippen molar-refractivity contribution in [2.24, 2.45) is 0 Å². The van der Waals surface area contributed by atoms with Crippen LogP contribution in [0, 0.1) is 0 Å². The summed E-state index contributed by atoms with van der Waals surface area (Å²) < 4.78 is 1.01. The van der Waals surface area contributed by atoms with E-state index in [1.54, 1.807) is 18.7 Å². The third-order valence-corrected chi connectivity index (χ3v) is 4.16. The van der Waals surface area contributed by atoms with Crippen molar-refractivity contribution in [2.75, 3.05) is 13.1 Å². The van der Waals surface area contributed by atoms with Gasteiger partial charge in [0.05, 0.1) is 0 Å². The van der Waals surface area contributed by atoms with Gasteiger partial charge in [0.25, 0.3) is 0 Å². The van der Waals surface area contributed by atoms with E-state index in [1.807, 2.05) is 24.3 Å². The predicted octanol–water partition coefficient (Wildman–Crippen LogP) is 2.12. The van der Waals surface area contributed by atoms with Gasteiger partial charge in [-0.1, -0.05) is 28.1 Å². The summed E-state index contributed by atoms with van der Waals surface area (Å²) in [5.74, 6) is -0.0515. The van der Waals surface area contributed by atoms with E-state index in [9.17, 15) is 9.59 Å². The molecular weight excluding hydrogens is 320 g/mol. The molecule has 0 radical (unpaired) electrons. The highest BCUT2D eigenvalue weighted by Crippen LogP contribution is 2.20. The molecule has 0 aliphatic carbocycles. The summed E-state index contributed by atoms with van der Waals surface area (Å²) in [5, 5.41) is 2.80. The van der Waals surface area contributed by atoms with Crippen molar-refractivity contribution in [3.8, 4) is 0 Å². The summed E-state index contributed by atoms with van der Waals surface area (Å²) >= 11 is 3.42. The van der Waals surface area contributed by atoms with Gasteiger partial charge in [-0.15, -0.1) is 0 Å². The Kier molecular flexibility index (Phi) is 4.48. The first kappa shape index (κ1) is 15.0. The van der Waals surface area contributed by atoms with Crippen LogP contribution in [0.3, 0.4) is 0 Å². The molecule has 1 saturated heterocycles. The van der Waals surface area contributed by atoms with E-state index in [1.165, 1.54) is 0 Å². The van der Waals surface area contributed by atoms with Gasteiger partial charge in [-0.3, -0.25) is 9.59 Å². The smallest absolute Gasteiger partial charge is 0.245 e. The van der Waals surface area contributed by atoms with E-state index >= 15 is 0 Å². The van der Waals surface area contributed by atoms with Crippen molar-refractivity contribution < 1.29 is 9.59 Å². The maximum Gasteiger partial charge on any atom is 0.245 e. The average Bonchev–Trinajstić information content (AvgIpc) is 2.39. The molecule has 0 unspecified atom stereocenters. The lowest BCUT2D eigenvalue weighted by Gasteiger charge is -2.41. The van der Waals surface area contributed by atoms with Crippen LogP contribution >= 0.6 is 15.9 Å². The van der Waals surface area contributed by atoms with Crippen LogP contribution in [0.25, 0.3) is 0 Å². The SMILES string of the molecule is CC1(C)C(=O)NCCN1C(=O)CCc1cccc(Br)c1. The number of benzene rings is 1. The predicted molar refractivity (Wildman–Crippen MR) is 81.3 cm³/mol. The fourth-order valence-corrected chi connectivity index (χ4v) is 2.86. The van der Waals surface area contributed by atoms with Crippen LogP contribution in [0.2, 0.25) is 0 Å². The van der Waals surface area contributed by atoms with Crippen LogP contribution in [0.15, 0.2) is 28.7 Å². The number of carbonyl (C=O) groups excluding carboxylic acids is 2. The number of halogens is 1. The summed E-state index contributed by atoms with van der Waals surface area (Å²) in [6.45, 7) is 4.69. The van der Waals surface area contributed by atoms with E-state index in [0.717, 1.165) is 10.0 Å². The minimum atomic E-state index is -0.757. The van der Waals surface area contributed by atoms with E-state index in [-0.39, 0.29) is 11.8 Å². The first-order valence-corrected chi connectivity index (χ1v) is 7.54. The molecule has 108 valence electrons. The molecule has 1 aromatic rings. The summed E-state index contributed by atoms with van der Waals surface area (Å²) in [5.41, 5.74) is 0.360. The molecule has 1 aliphatic heterocycles. The van der Waals surface area contributed by atoms with Crippen molar-refractivity contribution in [1.82, 2.24) is 10.2 Å². The molecule has 1 N–H and O–H groups in total. The van der Waals surface area contributed by atoms with Crippen molar-refractivity contribution in [1.29, 1.82) is 0 Å². The Hall–Kier alpha value is -1.36. The van der Waals surface area contributed by atoms with Crippen molar-refractivity contribution in [3.05, 3.63) is 34.3 Å². The molecule has 0 aromatic heterocycles. The first-order valence-electron chi connectivity index (χ1n) is 6.74. The van der Waals surface area contributed by atoms with E-state index < -0.39 is 5.54 Å². The van der Waals surface area contributed by atoms with E-state index in [4.69, 9.17) is 0 Å². The van der Waals surface area contributed by atoms with Crippen LogP contribution in [0.1, 0.15) is 25.8 Å². The number of hydrogen-bond acceptors (Lipinski definition) is 2. The van der Waals surface area contributed by atoms with Crippen molar-refractivity contribution in [2.45, 2.75) is 32.2 Å². The lowest BCUT2D eigenvalue weighted by atomic mass is 9.97. The molecule has 0 spiro atoms. The Labute approximate surface area is 127 Å². The lowest BCUT2D eigenvalue weighted by Crippen LogP contribution is -2.63. The molecule has 0 saturated carbocycles. The van der Waals surface area contributed by atoms with Gasteiger partial charge in [-0.05, 0) is 38.0 Å². The second-order valence-electron chi connectivity index (χ2n) is 5.49. The number of hydrogen-bond donors (Lipinski definition) is 1. The quantitative estimate of drug-likeness (QED) is 0.917. The maximum absolute atomic E-state index is 12.4. The number of nitrogens with one attached hydrogen (secondary N) is 1. The first-order chi connectivity index (χ1) is 9.41. The molecule has 2 rings (SSSR count). The highest BCUT2D eigenvalue weighted by atomic mass is 79.9. The minimum Gasteiger partial charge on any atom is -0.352 e. The second kappa shape index (κ2) is 5.95. The molecule has 5 heteroatoms. The molecule has 1 fully saturated rings. The number of nitrogens with zero attached hydrogens (tertiary/aromatic N) is 1. The highest BCUT2D eigenvalue weighted by Gasteiger charge is 2.39. The van der Waals surface area contributed by atoms with E-state index in [0.29, 0.717) is 25.9 Å². The second-order valence-corrected chi connectivity index (χ2v) is 6.41. The fraction of sp³-hybridized carbons (Fsp3) is 0.467. The number of carbonyl (C=O) groups is 2. The molecule has 1 aliphatic rings. The molecule has 4 nitrogen and oxygen atoms in total. The van der Waals surface area contributed by atoms with Crippen LogP contribution in [-0.4, -0.2) is 35.3 Å². The Morgan fingerprint density at radius 3 is 2.90 bits per heavy atom. The average molecular weight is 339 g/mol. The highest BCUT2D eigenvalue weighted by molar-refractivity contribution is 9.10. The zero-order valence-electron chi connectivity index (χ0n) is 11.8. The maximum atomic E-state index is 12.4. The number of amides is 2. The lowest BCUT2D eigenvalue weighted by molar-refractivity contribution is -0.149. The molecule has 1 heterocycles. The third-order valence-electron chi connectivity index (χ3n) is 3.67. The number of aryl methyl sites for hydroxylation is 1. The molecule has 20 heavy (non-hydrogen) atoms. The largest absolute Gasteiger partial charge is 0.352 e. The van der Waals surface area contributed by atoms with Gasteiger partial charge >= 0.3 is 0 Å². The van der Waals surface area contributed by atoms with Crippen LogP contribution in [0.4, 0.5) is 0 Å². The zero-order valence-corrected chi connectivity index (χ0v) is 13.4. The zero-order chi connectivity index (χ0) is 14.8. The summed E-state index contributed by atoms with van der Waals surface area (Å²) in [4.78, 5) is 25.9.